The lowest BCUT2D eigenvalue weighted by Crippen LogP contribution is -1.96. The van der Waals surface area contributed by atoms with E-state index in [1.165, 1.54) is 6.07 Å². The Bertz CT molecular complexity index is 751. The number of carboxylic acids is 1. The van der Waals surface area contributed by atoms with Crippen LogP contribution in [0, 0.1) is 0 Å². The van der Waals surface area contributed by atoms with Crippen LogP contribution in [0.1, 0.15) is 10.5 Å². The number of benzene rings is 1. The Morgan fingerprint density at radius 2 is 2.16 bits per heavy atom. The number of carboxylic acid groups (broad SMARTS) is 1. The molecule has 94 valence electrons. The smallest absolute Gasteiger partial charge is 0.352 e. The zero-order chi connectivity index (χ0) is 13.2. The molecule has 3 N–H and O–H groups in total. The van der Waals surface area contributed by atoms with Crippen LogP contribution in [0.25, 0.3) is 10.9 Å². The predicted octanol–water partition coefficient (Wildman–Crippen LogP) is 2.40. The number of hydrogen-bond acceptors (Lipinski definition) is 4. The quantitative estimate of drug-likeness (QED) is 0.667. The van der Waals surface area contributed by atoms with Gasteiger partial charge in [-0.15, -0.1) is 0 Å². The van der Waals surface area contributed by atoms with Gasteiger partial charge in [-0.3, -0.25) is 0 Å². The van der Waals surface area contributed by atoms with E-state index < -0.39 is 5.97 Å². The fraction of sp³-hybridized carbons (Fsp3) is 0. The first-order chi connectivity index (χ1) is 9.22. The number of para-hydroxylation sites is 1. The van der Waals surface area contributed by atoms with Gasteiger partial charge < -0.3 is 15.4 Å². The third-order valence-electron chi connectivity index (χ3n) is 2.66. The minimum Gasteiger partial charge on any atom is -0.477 e. The average Bonchev–Trinajstić information content (AvgIpc) is 2.87. The van der Waals surface area contributed by atoms with Crippen LogP contribution in [0.2, 0.25) is 0 Å². The van der Waals surface area contributed by atoms with Crippen LogP contribution < -0.4 is 5.32 Å². The molecule has 0 bridgehead atoms. The molecule has 3 aromatic rings. The van der Waals surface area contributed by atoms with Crippen LogP contribution in [-0.2, 0) is 0 Å². The van der Waals surface area contributed by atoms with Crippen LogP contribution in [0.3, 0.4) is 0 Å². The highest BCUT2D eigenvalue weighted by Crippen LogP contribution is 2.17. The van der Waals surface area contributed by atoms with E-state index in [0.29, 0.717) is 11.6 Å². The summed E-state index contributed by atoms with van der Waals surface area (Å²) in [5.74, 6) is -0.581. The normalized spacial score (nSPS) is 10.5. The second-order valence-electron chi connectivity index (χ2n) is 3.98. The third-order valence-corrected chi connectivity index (χ3v) is 2.66. The summed E-state index contributed by atoms with van der Waals surface area (Å²) in [4.78, 5) is 21.9. The van der Waals surface area contributed by atoms with Gasteiger partial charge in [0.05, 0.1) is 11.2 Å². The molecular formula is C13H10N4O2. The molecule has 2 heterocycles. The summed E-state index contributed by atoms with van der Waals surface area (Å²) in [7, 11) is 0. The number of fused-ring (bicyclic) bond motifs is 1. The van der Waals surface area contributed by atoms with Crippen molar-refractivity contribution in [3.8, 4) is 0 Å². The first kappa shape index (κ1) is 11.2. The highest BCUT2D eigenvalue weighted by molar-refractivity contribution is 5.87. The van der Waals surface area contributed by atoms with Crippen molar-refractivity contribution in [2.75, 3.05) is 5.32 Å². The Hall–Kier alpha value is -2.89. The Kier molecular flexibility index (Phi) is 2.60. The van der Waals surface area contributed by atoms with E-state index in [-0.39, 0.29) is 5.69 Å². The molecule has 0 fully saturated rings. The molecule has 0 atom stereocenters. The van der Waals surface area contributed by atoms with E-state index in [9.17, 15) is 4.79 Å². The number of rotatable bonds is 3. The number of nitrogens with zero attached hydrogens (tertiary/aromatic N) is 2. The van der Waals surface area contributed by atoms with Crippen molar-refractivity contribution in [2.45, 2.75) is 0 Å². The number of aromatic nitrogens is 3. The number of aromatic amines is 1. The fourth-order valence-corrected chi connectivity index (χ4v) is 1.75. The van der Waals surface area contributed by atoms with Crippen molar-refractivity contribution in [1.29, 1.82) is 0 Å². The maximum atomic E-state index is 10.8. The Morgan fingerprint density at radius 1 is 1.32 bits per heavy atom. The zero-order valence-corrected chi connectivity index (χ0v) is 9.79. The maximum Gasteiger partial charge on any atom is 0.352 e. The Labute approximate surface area is 108 Å². The molecule has 0 saturated heterocycles. The molecule has 0 aliphatic carbocycles. The van der Waals surface area contributed by atoms with E-state index in [4.69, 9.17) is 5.11 Å². The number of anilines is 2. The average molecular weight is 254 g/mol. The summed E-state index contributed by atoms with van der Waals surface area (Å²) in [6, 6.07) is 9.13. The summed E-state index contributed by atoms with van der Waals surface area (Å²) in [5, 5.41) is 12.7. The van der Waals surface area contributed by atoms with Crippen molar-refractivity contribution in [2.24, 2.45) is 0 Å². The highest BCUT2D eigenvalue weighted by atomic mass is 16.4. The summed E-state index contributed by atoms with van der Waals surface area (Å²) in [6.07, 6.45) is 3.28. The van der Waals surface area contributed by atoms with Gasteiger partial charge in [-0.05, 0) is 12.1 Å². The second-order valence-corrected chi connectivity index (χ2v) is 3.98. The lowest BCUT2D eigenvalue weighted by molar-refractivity contribution is 0.0691. The van der Waals surface area contributed by atoms with Gasteiger partial charge in [-0.25, -0.2) is 14.8 Å². The lowest BCUT2D eigenvalue weighted by Gasteiger charge is -2.02. The standard InChI is InChI=1S/C13H10N4O2/c18-12(19)11-5-9(7-14-11)16-13-15-6-8-3-1-2-4-10(8)17-13/h1-7,14H,(H,18,19)(H,15,16,17). The molecule has 0 saturated carbocycles. The van der Waals surface area contributed by atoms with Crippen LogP contribution in [-0.4, -0.2) is 26.0 Å². The molecule has 2 aromatic heterocycles. The number of aromatic carboxylic acids is 1. The summed E-state index contributed by atoms with van der Waals surface area (Å²) < 4.78 is 0. The van der Waals surface area contributed by atoms with Crippen molar-refractivity contribution < 1.29 is 9.90 Å². The van der Waals surface area contributed by atoms with Gasteiger partial charge >= 0.3 is 5.97 Å². The predicted molar refractivity (Wildman–Crippen MR) is 70.6 cm³/mol. The zero-order valence-electron chi connectivity index (χ0n) is 9.79. The van der Waals surface area contributed by atoms with Crippen LogP contribution in [0.4, 0.5) is 11.6 Å². The molecule has 1 aromatic carbocycles. The number of H-pyrrole nitrogens is 1. The van der Waals surface area contributed by atoms with Crippen molar-refractivity contribution in [3.63, 3.8) is 0 Å². The van der Waals surface area contributed by atoms with E-state index in [2.05, 4.69) is 20.3 Å². The van der Waals surface area contributed by atoms with E-state index >= 15 is 0 Å². The van der Waals surface area contributed by atoms with Gasteiger partial charge in [0, 0.05) is 17.8 Å². The van der Waals surface area contributed by atoms with Crippen molar-refractivity contribution in [3.05, 3.63) is 48.4 Å². The van der Waals surface area contributed by atoms with E-state index in [1.54, 1.807) is 12.4 Å². The molecule has 6 heteroatoms. The van der Waals surface area contributed by atoms with E-state index in [0.717, 1.165) is 10.9 Å². The third kappa shape index (κ3) is 2.23. The van der Waals surface area contributed by atoms with Crippen LogP contribution in [0.15, 0.2) is 42.7 Å². The fourth-order valence-electron chi connectivity index (χ4n) is 1.75. The number of nitrogens with one attached hydrogen (secondary N) is 2. The number of carbonyl (C=O) groups is 1. The first-order valence-corrected chi connectivity index (χ1v) is 5.63. The highest BCUT2D eigenvalue weighted by Gasteiger charge is 2.07. The van der Waals surface area contributed by atoms with Gasteiger partial charge in [0.15, 0.2) is 0 Å². The molecule has 0 aliphatic heterocycles. The Morgan fingerprint density at radius 3 is 2.95 bits per heavy atom. The summed E-state index contributed by atoms with van der Waals surface area (Å²) in [5.41, 5.74) is 1.55. The van der Waals surface area contributed by atoms with E-state index in [1.807, 2.05) is 24.3 Å². The van der Waals surface area contributed by atoms with Gasteiger partial charge in [0.2, 0.25) is 5.95 Å². The molecule has 19 heavy (non-hydrogen) atoms. The first-order valence-electron chi connectivity index (χ1n) is 5.63. The molecule has 6 nitrogen and oxygen atoms in total. The summed E-state index contributed by atoms with van der Waals surface area (Å²) in [6.45, 7) is 0. The molecule has 0 spiro atoms. The molecule has 3 rings (SSSR count). The molecule has 0 amide bonds. The lowest BCUT2D eigenvalue weighted by atomic mass is 10.2. The monoisotopic (exact) mass is 254 g/mol. The molecule has 0 aliphatic rings. The van der Waals surface area contributed by atoms with Crippen molar-refractivity contribution in [1.82, 2.24) is 15.0 Å². The second kappa shape index (κ2) is 4.41. The van der Waals surface area contributed by atoms with Crippen molar-refractivity contribution >= 4 is 28.5 Å². The number of hydrogen-bond donors (Lipinski definition) is 3. The van der Waals surface area contributed by atoms with Gasteiger partial charge in [0.25, 0.3) is 0 Å². The van der Waals surface area contributed by atoms with Gasteiger partial charge in [0.1, 0.15) is 5.69 Å². The molecule has 0 unspecified atom stereocenters. The SMILES string of the molecule is O=C(O)c1cc(Nc2ncc3ccccc3n2)c[nH]1. The maximum absolute atomic E-state index is 10.8. The van der Waals surface area contributed by atoms with Crippen LogP contribution >= 0.6 is 0 Å². The largest absolute Gasteiger partial charge is 0.477 e. The van der Waals surface area contributed by atoms with Crippen LogP contribution in [0.5, 0.6) is 0 Å². The Balaban J connectivity index is 1.89. The van der Waals surface area contributed by atoms with Gasteiger partial charge in [-0.2, -0.15) is 0 Å². The topological polar surface area (TPSA) is 90.9 Å². The summed E-state index contributed by atoms with van der Waals surface area (Å²) >= 11 is 0. The molecule has 0 radical (unpaired) electrons. The minimum atomic E-state index is -1.01. The van der Waals surface area contributed by atoms with Gasteiger partial charge in [-0.1, -0.05) is 18.2 Å². The minimum absolute atomic E-state index is 0.114. The molecular weight excluding hydrogens is 244 g/mol.